The van der Waals surface area contributed by atoms with Gasteiger partial charge in [-0.15, -0.1) is 0 Å². The zero-order valence-corrected chi connectivity index (χ0v) is 11.4. The SMILES string of the molecule is FC(F)(F)C1CCC(NC2CCCc3occc32)CC1. The number of aryl methyl sites for hydroxylation is 1. The molecule has 0 aliphatic heterocycles. The molecule has 0 aromatic carbocycles. The average Bonchev–Trinajstić information content (AvgIpc) is 2.88. The van der Waals surface area contributed by atoms with Gasteiger partial charge in [0, 0.05) is 24.1 Å². The number of halogens is 3. The van der Waals surface area contributed by atoms with Crippen LogP contribution in [0, 0.1) is 5.92 Å². The van der Waals surface area contributed by atoms with Gasteiger partial charge in [-0.05, 0) is 44.6 Å². The highest BCUT2D eigenvalue weighted by molar-refractivity contribution is 5.24. The van der Waals surface area contributed by atoms with Gasteiger partial charge in [0.05, 0.1) is 12.2 Å². The highest BCUT2D eigenvalue weighted by Gasteiger charge is 2.41. The molecule has 1 aromatic rings. The molecule has 0 spiro atoms. The van der Waals surface area contributed by atoms with E-state index in [2.05, 4.69) is 5.32 Å². The molecule has 1 fully saturated rings. The highest BCUT2D eigenvalue weighted by Crippen LogP contribution is 2.39. The summed E-state index contributed by atoms with van der Waals surface area (Å²) >= 11 is 0. The lowest BCUT2D eigenvalue weighted by Gasteiger charge is -2.34. The van der Waals surface area contributed by atoms with E-state index in [1.165, 1.54) is 5.56 Å². The molecule has 112 valence electrons. The molecular weight excluding hydrogens is 267 g/mol. The van der Waals surface area contributed by atoms with Crippen molar-refractivity contribution in [3.8, 4) is 0 Å². The van der Waals surface area contributed by atoms with E-state index in [0.717, 1.165) is 25.0 Å². The number of fused-ring (bicyclic) bond motifs is 1. The van der Waals surface area contributed by atoms with Crippen molar-refractivity contribution in [1.82, 2.24) is 5.32 Å². The number of nitrogens with one attached hydrogen (secondary N) is 1. The van der Waals surface area contributed by atoms with Crippen LogP contribution < -0.4 is 5.32 Å². The van der Waals surface area contributed by atoms with Crippen molar-refractivity contribution in [3.63, 3.8) is 0 Å². The van der Waals surface area contributed by atoms with E-state index in [-0.39, 0.29) is 24.9 Å². The van der Waals surface area contributed by atoms with Crippen LogP contribution >= 0.6 is 0 Å². The summed E-state index contributed by atoms with van der Waals surface area (Å²) in [6.45, 7) is 0. The monoisotopic (exact) mass is 287 g/mol. The molecule has 1 heterocycles. The fourth-order valence-corrected chi connectivity index (χ4v) is 3.53. The lowest BCUT2D eigenvalue weighted by molar-refractivity contribution is -0.182. The molecule has 3 rings (SSSR count). The summed E-state index contributed by atoms with van der Waals surface area (Å²) in [4.78, 5) is 0. The topological polar surface area (TPSA) is 25.2 Å². The van der Waals surface area contributed by atoms with Gasteiger partial charge in [-0.1, -0.05) is 0 Å². The number of hydrogen-bond donors (Lipinski definition) is 1. The van der Waals surface area contributed by atoms with E-state index < -0.39 is 12.1 Å². The molecule has 1 atom stereocenters. The Morgan fingerprint density at radius 1 is 1.10 bits per heavy atom. The molecule has 2 aliphatic carbocycles. The van der Waals surface area contributed by atoms with Gasteiger partial charge in [0.25, 0.3) is 0 Å². The van der Waals surface area contributed by atoms with Gasteiger partial charge >= 0.3 is 6.18 Å². The van der Waals surface area contributed by atoms with Gasteiger partial charge in [-0.3, -0.25) is 0 Å². The zero-order valence-electron chi connectivity index (χ0n) is 11.4. The normalized spacial score (nSPS) is 31.1. The summed E-state index contributed by atoms with van der Waals surface area (Å²) in [7, 11) is 0. The summed E-state index contributed by atoms with van der Waals surface area (Å²) in [5.74, 6) is -0.0610. The third-order valence-corrected chi connectivity index (χ3v) is 4.68. The quantitative estimate of drug-likeness (QED) is 0.874. The summed E-state index contributed by atoms with van der Waals surface area (Å²) in [5.41, 5.74) is 1.20. The third-order valence-electron chi connectivity index (χ3n) is 4.68. The van der Waals surface area contributed by atoms with Gasteiger partial charge in [0.2, 0.25) is 0 Å². The summed E-state index contributed by atoms with van der Waals surface area (Å²) < 4.78 is 43.4. The first-order valence-corrected chi connectivity index (χ1v) is 7.43. The first-order valence-electron chi connectivity index (χ1n) is 7.43. The van der Waals surface area contributed by atoms with Gasteiger partial charge in [0.1, 0.15) is 5.76 Å². The van der Waals surface area contributed by atoms with Crippen molar-refractivity contribution in [2.24, 2.45) is 5.92 Å². The molecular formula is C15H20F3NO. The number of hydrogen-bond acceptors (Lipinski definition) is 2. The fourth-order valence-electron chi connectivity index (χ4n) is 3.53. The fraction of sp³-hybridized carbons (Fsp3) is 0.733. The summed E-state index contributed by atoms with van der Waals surface area (Å²) in [6, 6.07) is 2.46. The molecule has 0 bridgehead atoms. The Kier molecular flexibility index (Phi) is 3.80. The van der Waals surface area contributed by atoms with Crippen LogP contribution in [0.15, 0.2) is 16.7 Å². The van der Waals surface area contributed by atoms with Gasteiger partial charge in [-0.25, -0.2) is 0 Å². The summed E-state index contributed by atoms with van der Waals surface area (Å²) in [5, 5.41) is 3.54. The second-order valence-corrected chi connectivity index (χ2v) is 6.00. The standard InChI is InChI=1S/C15H20F3NO/c16-15(17,18)10-4-6-11(7-5-10)19-13-2-1-3-14-12(13)8-9-20-14/h8-11,13,19H,1-7H2. The molecule has 2 aliphatic rings. The maximum atomic E-state index is 12.6. The lowest BCUT2D eigenvalue weighted by atomic mass is 9.84. The molecule has 0 radical (unpaired) electrons. The molecule has 1 aromatic heterocycles. The molecule has 1 unspecified atom stereocenters. The second kappa shape index (κ2) is 5.43. The van der Waals surface area contributed by atoms with Crippen LogP contribution in [-0.2, 0) is 6.42 Å². The molecule has 2 nitrogen and oxygen atoms in total. The van der Waals surface area contributed by atoms with E-state index in [4.69, 9.17) is 4.42 Å². The van der Waals surface area contributed by atoms with Crippen molar-refractivity contribution in [1.29, 1.82) is 0 Å². The van der Waals surface area contributed by atoms with Crippen LogP contribution in [0.5, 0.6) is 0 Å². The van der Waals surface area contributed by atoms with Crippen LogP contribution in [0.3, 0.4) is 0 Å². The Morgan fingerprint density at radius 2 is 1.85 bits per heavy atom. The van der Waals surface area contributed by atoms with Gasteiger partial charge < -0.3 is 9.73 Å². The minimum absolute atomic E-state index is 0.208. The Hall–Kier alpha value is -0.970. The van der Waals surface area contributed by atoms with E-state index >= 15 is 0 Å². The Balaban J connectivity index is 1.56. The van der Waals surface area contributed by atoms with Crippen LogP contribution in [0.4, 0.5) is 13.2 Å². The maximum Gasteiger partial charge on any atom is 0.391 e. The molecule has 1 saturated carbocycles. The van der Waals surface area contributed by atoms with Crippen LogP contribution in [0.1, 0.15) is 55.9 Å². The van der Waals surface area contributed by atoms with Crippen molar-refractivity contribution in [2.45, 2.75) is 63.2 Å². The predicted octanol–water partition coefficient (Wildman–Crippen LogP) is 4.37. The van der Waals surface area contributed by atoms with Gasteiger partial charge in [-0.2, -0.15) is 13.2 Å². The lowest BCUT2D eigenvalue weighted by Crippen LogP contribution is -2.39. The molecule has 0 amide bonds. The largest absolute Gasteiger partial charge is 0.469 e. The number of furan rings is 1. The van der Waals surface area contributed by atoms with Gasteiger partial charge in [0.15, 0.2) is 0 Å². The predicted molar refractivity (Wildman–Crippen MR) is 69.3 cm³/mol. The summed E-state index contributed by atoms with van der Waals surface area (Å²) in [6.07, 6.45) is 2.54. The smallest absolute Gasteiger partial charge is 0.391 e. The van der Waals surface area contributed by atoms with Crippen LogP contribution in [0.25, 0.3) is 0 Å². The molecule has 1 N–H and O–H groups in total. The van der Waals surface area contributed by atoms with E-state index in [0.29, 0.717) is 12.8 Å². The Morgan fingerprint density at radius 3 is 2.55 bits per heavy atom. The Labute approximate surface area is 116 Å². The van der Waals surface area contributed by atoms with Crippen molar-refractivity contribution in [2.75, 3.05) is 0 Å². The molecule has 20 heavy (non-hydrogen) atoms. The zero-order chi connectivity index (χ0) is 14.2. The van der Waals surface area contributed by atoms with Crippen molar-refractivity contribution < 1.29 is 17.6 Å². The average molecular weight is 287 g/mol. The minimum atomic E-state index is -4.02. The van der Waals surface area contributed by atoms with Crippen molar-refractivity contribution in [3.05, 3.63) is 23.7 Å². The van der Waals surface area contributed by atoms with E-state index in [1.54, 1.807) is 6.26 Å². The van der Waals surface area contributed by atoms with Crippen molar-refractivity contribution >= 4 is 0 Å². The first-order chi connectivity index (χ1) is 9.54. The van der Waals surface area contributed by atoms with E-state index in [1.807, 2.05) is 6.07 Å². The number of alkyl halides is 3. The van der Waals surface area contributed by atoms with Crippen LogP contribution in [0.2, 0.25) is 0 Å². The highest BCUT2D eigenvalue weighted by atomic mass is 19.4. The maximum absolute atomic E-state index is 12.6. The first kappa shape index (κ1) is 14.0. The number of rotatable bonds is 2. The van der Waals surface area contributed by atoms with Crippen LogP contribution in [-0.4, -0.2) is 12.2 Å². The third kappa shape index (κ3) is 2.87. The molecule has 5 heteroatoms. The Bertz CT molecular complexity index is 446. The molecule has 0 saturated heterocycles. The minimum Gasteiger partial charge on any atom is -0.469 e. The second-order valence-electron chi connectivity index (χ2n) is 6.00. The van der Waals surface area contributed by atoms with E-state index in [9.17, 15) is 13.2 Å².